The van der Waals surface area contributed by atoms with E-state index >= 15 is 0 Å². The maximum absolute atomic E-state index is 5.93. The van der Waals surface area contributed by atoms with Crippen molar-refractivity contribution in [3.05, 3.63) is 0 Å². The minimum atomic E-state index is 0.739. The van der Waals surface area contributed by atoms with Crippen LogP contribution in [0, 0.1) is 11.8 Å². The molecule has 14 heavy (non-hydrogen) atoms. The molecule has 2 aliphatic heterocycles. The molecule has 0 spiro atoms. The Morgan fingerprint density at radius 1 is 1.14 bits per heavy atom. The van der Waals surface area contributed by atoms with Gasteiger partial charge in [-0.1, -0.05) is 12.8 Å². The predicted molar refractivity (Wildman–Crippen MR) is 58.0 cm³/mol. The third-order valence-electron chi connectivity index (χ3n) is 4.75. The molecule has 0 aromatic carbocycles. The molecule has 2 heteroatoms. The molecule has 2 nitrogen and oxygen atoms in total. The number of piperidine rings is 2. The molecule has 4 aliphatic rings. The maximum Gasteiger partial charge on any atom is 0.0249 e. The van der Waals surface area contributed by atoms with E-state index in [0.717, 1.165) is 30.5 Å². The van der Waals surface area contributed by atoms with E-state index in [0.29, 0.717) is 0 Å². The third-order valence-corrected chi connectivity index (χ3v) is 4.75. The van der Waals surface area contributed by atoms with Gasteiger partial charge in [-0.2, -0.15) is 0 Å². The highest BCUT2D eigenvalue weighted by molar-refractivity contribution is 5.00. The summed E-state index contributed by atoms with van der Waals surface area (Å²) in [6.07, 6.45) is 8.74. The van der Waals surface area contributed by atoms with Gasteiger partial charge >= 0.3 is 0 Å². The predicted octanol–water partition coefficient (Wildman–Crippen LogP) is 1.60. The van der Waals surface area contributed by atoms with Crippen molar-refractivity contribution in [2.45, 2.75) is 50.6 Å². The van der Waals surface area contributed by atoms with E-state index in [1.807, 2.05) is 0 Å². The van der Waals surface area contributed by atoms with E-state index in [4.69, 9.17) is 5.73 Å². The summed E-state index contributed by atoms with van der Waals surface area (Å²) in [6.45, 7) is 2.26. The molecule has 2 saturated carbocycles. The van der Waals surface area contributed by atoms with E-state index in [1.165, 1.54) is 45.1 Å². The summed E-state index contributed by atoms with van der Waals surface area (Å²) >= 11 is 0. The lowest BCUT2D eigenvalue weighted by atomic mass is 9.66. The van der Waals surface area contributed by atoms with E-state index in [2.05, 4.69) is 4.90 Å². The number of nitrogens with two attached hydrogens (primary N) is 1. The van der Waals surface area contributed by atoms with E-state index in [-0.39, 0.29) is 0 Å². The van der Waals surface area contributed by atoms with E-state index < -0.39 is 0 Å². The number of nitrogens with zero attached hydrogens (tertiary/aromatic N) is 1. The highest BCUT2D eigenvalue weighted by Crippen LogP contribution is 2.45. The first-order valence-corrected chi connectivity index (χ1v) is 6.34. The summed E-state index contributed by atoms with van der Waals surface area (Å²) in [5, 5.41) is 0. The first kappa shape index (κ1) is 9.17. The van der Waals surface area contributed by atoms with Gasteiger partial charge in [0.05, 0.1) is 0 Å². The van der Waals surface area contributed by atoms with Crippen LogP contribution in [0.15, 0.2) is 0 Å². The molecule has 1 unspecified atom stereocenters. The first-order valence-electron chi connectivity index (χ1n) is 6.34. The van der Waals surface area contributed by atoms with Crippen LogP contribution < -0.4 is 5.73 Å². The Morgan fingerprint density at radius 3 is 2.50 bits per heavy atom. The van der Waals surface area contributed by atoms with Crippen molar-refractivity contribution in [2.24, 2.45) is 17.6 Å². The molecule has 2 aliphatic carbocycles. The van der Waals surface area contributed by atoms with Crippen molar-refractivity contribution < 1.29 is 0 Å². The number of rotatable bonds is 2. The van der Waals surface area contributed by atoms with Gasteiger partial charge in [0.1, 0.15) is 0 Å². The molecule has 0 aromatic rings. The van der Waals surface area contributed by atoms with Gasteiger partial charge in [-0.3, -0.25) is 4.90 Å². The quantitative estimate of drug-likeness (QED) is 0.723. The van der Waals surface area contributed by atoms with Gasteiger partial charge in [0, 0.05) is 25.2 Å². The summed E-state index contributed by atoms with van der Waals surface area (Å²) in [6, 6.07) is 1.64. The summed E-state index contributed by atoms with van der Waals surface area (Å²) in [7, 11) is 0. The highest BCUT2D eigenvalue weighted by atomic mass is 15.2. The molecule has 4 fully saturated rings. The minimum Gasteiger partial charge on any atom is -0.329 e. The SMILES string of the molecule is NCC1C2CC(C2)CN1C1CCCC1. The zero-order chi connectivity index (χ0) is 9.54. The second kappa shape index (κ2) is 3.49. The topological polar surface area (TPSA) is 29.3 Å². The lowest BCUT2D eigenvalue weighted by Gasteiger charge is -2.55. The molecule has 80 valence electrons. The third kappa shape index (κ3) is 1.31. The monoisotopic (exact) mass is 194 g/mol. The van der Waals surface area contributed by atoms with Crippen molar-refractivity contribution in [3.63, 3.8) is 0 Å². The molecular formula is C12H22N2. The summed E-state index contributed by atoms with van der Waals surface area (Å²) < 4.78 is 0. The summed E-state index contributed by atoms with van der Waals surface area (Å²) in [4.78, 5) is 2.77. The lowest BCUT2D eigenvalue weighted by molar-refractivity contribution is -0.0487. The van der Waals surface area contributed by atoms with Crippen LogP contribution in [0.25, 0.3) is 0 Å². The van der Waals surface area contributed by atoms with Gasteiger partial charge in [0.25, 0.3) is 0 Å². The van der Waals surface area contributed by atoms with Crippen LogP contribution in [0.2, 0.25) is 0 Å². The highest BCUT2D eigenvalue weighted by Gasteiger charge is 2.45. The van der Waals surface area contributed by atoms with Crippen molar-refractivity contribution in [3.8, 4) is 0 Å². The van der Waals surface area contributed by atoms with Crippen LogP contribution in [0.4, 0.5) is 0 Å². The Balaban J connectivity index is 1.70. The van der Waals surface area contributed by atoms with Crippen LogP contribution in [0.5, 0.6) is 0 Å². The molecule has 2 heterocycles. The van der Waals surface area contributed by atoms with Crippen molar-refractivity contribution >= 4 is 0 Å². The molecule has 0 amide bonds. The number of hydrogen-bond acceptors (Lipinski definition) is 2. The maximum atomic E-state index is 5.93. The van der Waals surface area contributed by atoms with Crippen LogP contribution in [-0.2, 0) is 0 Å². The molecule has 2 N–H and O–H groups in total. The Bertz CT molecular complexity index is 204. The fraction of sp³-hybridized carbons (Fsp3) is 1.00. The second-order valence-corrected chi connectivity index (χ2v) is 5.54. The van der Waals surface area contributed by atoms with Gasteiger partial charge in [0.2, 0.25) is 0 Å². The molecule has 0 radical (unpaired) electrons. The van der Waals surface area contributed by atoms with Crippen molar-refractivity contribution in [2.75, 3.05) is 13.1 Å². The lowest BCUT2D eigenvalue weighted by Crippen LogP contribution is -2.60. The Kier molecular flexibility index (Phi) is 2.29. The second-order valence-electron chi connectivity index (χ2n) is 5.54. The molecule has 1 atom stereocenters. The number of fused-ring (bicyclic) bond motifs is 2. The average Bonchev–Trinajstić information content (AvgIpc) is 2.68. The first-order chi connectivity index (χ1) is 6.88. The molecule has 0 aromatic heterocycles. The average molecular weight is 194 g/mol. The standard InChI is InChI=1S/C12H22N2/c13-7-12-10-5-9(6-10)8-14(12)11-3-1-2-4-11/h9-12H,1-8,13H2. The zero-order valence-corrected chi connectivity index (χ0v) is 8.99. The fourth-order valence-electron chi connectivity index (χ4n) is 3.94. The van der Waals surface area contributed by atoms with Gasteiger partial charge in [-0.15, -0.1) is 0 Å². The number of hydrogen-bond donors (Lipinski definition) is 1. The smallest absolute Gasteiger partial charge is 0.0249 e. The van der Waals surface area contributed by atoms with Crippen LogP contribution in [0.3, 0.4) is 0 Å². The largest absolute Gasteiger partial charge is 0.329 e. The van der Waals surface area contributed by atoms with Gasteiger partial charge in [-0.25, -0.2) is 0 Å². The zero-order valence-electron chi connectivity index (χ0n) is 8.99. The van der Waals surface area contributed by atoms with Gasteiger partial charge in [-0.05, 0) is 37.5 Å². The minimum absolute atomic E-state index is 0.739. The van der Waals surface area contributed by atoms with Crippen LogP contribution in [-0.4, -0.2) is 30.1 Å². The van der Waals surface area contributed by atoms with E-state index in [9.17, 15) is 0 Å². The van der Waals surface area contributed by atoms with Crippen LogP contribution >= 0.6 is 0 Å². The summed E-state index contributed by atoms with van der Waals surface area (Å²) in [5.74, 6) is 1.99. The van der Waals surface area contributed by atoms with Crippen LogP contribution in [0.1, 0.15) is 38.5 Å². The van der Waals surface area contributed by atoms with E-state index in [1.54, 1.807) is 0 Å². The normalized spacial score (nSPS) is 43.9. The molecule has 2 saturated heterocycles. The molecule has 2 bridgehead atoms. The Hall–Kier alpha value is -0.0800. The van der Waals surface area contributed by atoms with Crippen molar-refractivity contribution in [1.82, 2.24) is 4.90 Å². The Morgan fingerprint density at radius 2 is 1.86 bits per heavy atom. The van der Waals surface area contributed by atoms with Crippen molar-refractivity contribution in [1.29, 1.82) is 0 Å². The van der Waals surface area contributed by atoms with Gasteiger partial charge in [0.15, 0.2) is 0 Å². The Labute approximate surface area is 86.8 Å². The van der Waals surface area contributed by atoms with Gasteiger partial charge < -0.3 is 5.73 Å². The molecule has 4 rings (SSSR count). The summed E-state index contributed by atoms with van der Waals surface area (Å²) in [5.41, 5.74) is 5.93. The molecular weight excluding hydrogens is 172 g/mol. The fourth-order valence-corrected chi connectivity index (χ4v) is 3.94.